The summed E-state index contributed by atoms with van der Waals surface area (Å²) in [5.41, 5.74) is 1.15. The smallest absolute Gasteiger partial charge is 0.0726 e. The van der Waals surface area contributed by atoms with Crippen molar-refractivity contribution < 1.29 is 4.74 Å². The predicted octanol–water partition coefficient (Wildman–Crippen LogP) is 5.21. The highest BCUT2D eigenvalue weighted by Crippen LogP contribution is 2.50. The van der Waals surface area contributed by atoms with Crippen molar-refractivity contribution in [1.29, 1.82) is 0 Å². The first kappa shape index (κ1) is 17.1. The molecular weight excluding hydrogens is 337 g/mol. The van der Waals surface area contributed by atoms with Crippen LogP contribution in [-0.2, 0) is 4.74 Å². The van der Waals surface area contributed by atoms with Crippen molar-refractivity contribution in [3.05, 3.63) is 101 Å². The fourth-order valence-corrected chi connectivity index (χ4v) is 5.69. The van der Waals surface area contributed by atoms with Gasteiger partial charge in [0.15, 0.2) is 0 Å². The zero-order chi connectivity index (χ0) is 17.9. The fourth-order valence-electron chi connectivity index (χ4n) is 3.25. The first-order valence-electron chi connectivity index (χ1n) is 9.11. The Hall–Kier alpha value is -2.31. The maximum absolute atomic E-state index is 5.99. The van der Waals surface area contributed by atoms with Crippen LogP contribution in [0.3, 0.4) is 0 Å². The highest BCUT2D eigenvalue weighted by atomic mass is 31.1. The van der Waals surface area contributed by atoms with Gasteiger partial charge in [0.1, 0.15) is 0 Å². The van der Waals surface area contributed by atoms with Crippen molar-refractivity contribution in [2.45, 2.75) is 19.9 Å². The highest BCUT2D eigenvalue weighted by Gasteiger charge is 2.25. The molecule has 3 heteroatoms. The molecule has 2 aliphatic rings. The van der Waals surface area contributed by atoms with Gasteiger partial charge in [0, 0.05) is 11.5 Å². The van der Waals surface area contributed by atoms with E-state index in [4.69, 9.17) is 10.1 Å². The molecule has 2 aromatic carbocycles. The molecule has 2 aromatic rings. The first-order valence-corrected chi connectivity index (χ1v) is 10.4. The van der Waals surface area contributed by atoms with Crippen molar-refractivity contribution in [2.24, 2.45) is 5.92 Å². The van der Waals surface area contributed by atoms with Crippen molar-refractivity contribution >= 4 is 18.5 Å². The molecule has 1 aliphatic carbocycles. The quantitative estimate of drug-likeness (QED) is 0.686. The maximum atomic E-state index is 5.99. The molecule has 1 aliphatic heterocycles. The summed E-state index contributed by atoms with van der Waals surface area (Å²) >= 11 is 0. The molecule has 0 radical (unpaired) electrons. The number of allylic oxidation sites excluding steroid dienone is 5. The third kappa shape index (κ3) is 3.34. The SMILES string of the molecule is CC(C)[C@H]1CO/C(=C2\C=CC=C2P(c2ccccc2)c2ccccc2)[N-]1. The first-order chi connectivity index (χ1) is 12.7. The Kier molecular flexibility index (Phi) is 4.95. The van der Waals surface area contributed by atoms with Crippen LogP contribution in [0, 0.1) is 5.92 Å². The molecule has 0 spiro atoms. The molecule has 1 saturated heterocycles. The lowest BCUT2D eigenvalue weighted by Gasteiger charge is -2.28. The normalized spacial score (nSPS) is 21.8. The van der Waals surface area contributed by atoms with E-state index in [1.165, 1.54) is 15.9 Å². The molecule has 0 N–H and O–H groups in total. The van der Waals surface area contributed by atoms with Crippen LogP contribution in [0.15, 0.2) is 95.7 Å². The van der Waals surface area contributed by atoms with E-state index < -0.39 is 7.92 Å². The molecule has 26 heavy (non-hydrogen) atoms. The molecule has 1 fully saturated rings. The van der Waals surface area contributed by atoms with Gasteiger partial charge in [-0.25, -0.2) is 0 Å². The van der Waals surface area contributed by atoms with Gasteiger partial charge in [-0.05, 0) is 23.8 Å². The highest BCUT2D eigenvalue weighted by molar-refractivity contribution is 7.77. The summed E-state index contributed by atoms with van der Waals surface area (Å²) in [6, 6.07) is 21.8. The minimum Gasteiger partial charge on any atom is -0.648 e. The standard InChI is InChI=1S/C23H23NOP/c1-17(2)21-16-25-23(24-21)20-14-9-15-22(20)26(18-10-5-3-6-11-18)19-12-7-4-8-13-19/h3-15,17,21H,16H2,1-2H3/q-1/b23-20+/t21-/m1/s1. The van der Waals surface area contributed by atoms with Gasteiger partial charge >= 0.3 is 0 Å². The Morgan fingerprint density at radius 2 is 1.58 bits per heavy atom. The number of ether oxygens (including phenoxy) is 1. The largest absolute Gasteiger partial charge is 0.648 e. The van der Waals surface area contributed by atoms with E-state index in [9.17, 15) is 0 Å². The molecule has 0 aromatic heterocycles. The molecule has 1 atom stereocenters. The van der Waals surface area contributed by atoms with Gasteiger partial charge in [-0.3, -0.25) is 0 Å². The lowest BCUT2D eigenvalue weighted by Crippen LogP contribution is -2.13. The summed E-state index contributed by atoms with van der Waals surface area (Å²) in [6.07, 6.45) is 6.51. The maximum Gasteiger partial charge on any atom is 0.0726 e. The van der Waals surface area contributed by atoms with Crippen molar-refractivity contribution in [3.63, 3.8) is 0 Å². The van der Waals surface area contributed by atoms with Crippen molar-refractivity contribution in [1.82, 2.24) is 0 Å². The molecule has 1 heterocycles. The van der Waals surface area contributed by atoms with Gasteiger partial charge in [0.25, 0.3) is 0 Å². The van der Waals surface area contributed by atoms with E-state index in [0.717, 1.165) is 11.5 Å². The molecule has 132 valence electrons. The minimum atomic E-state index is -0.636. The van der Waals surface area contributed by atoms with Gasteiger partial charge in [-0.2, -0.15) is 0 Å². The second kappa shape index (κ2) is 7.51. The van der Waals surface area contributed by atoms with Crippen LogP contribution in [0.25, 0.3) is 5.32 Å². The minimum absolute atomic E-state index is 0.257. The second-order valence-corrected chi connectivity index (χ2v) is 9.07. The summed E-state index contributed by atoms with van der Waals surface area (Å²) in [4.78, 5) is 0. The van der Waals surface area contributed by atoms with Crippen LogP contribution < -0.4 is 10.6 Å². The van der Waals surface area contributed by atoms with E-state index in [-0.39, 0.29) is 6.04 Å². The predicted molar refractivity (Wildman–Crippen MR) is 111 cm³/mol. The molecular formula is C23H23NOP-. The van der Waals surface area contributed by atoms with E-state index in [0.29, 0.717) is 12.5 Å². The fraction of sp³-hybridized carbons (Fsp3) is 0.217. The third-order valence-corrected chi connectivity index (χ3v) is 7.24. The number of benzene rings is 2. The summed E-state index contributed by atoms with van der Waals surface area (Å²) < 4.78 is 5.99. The van der Waals surface area contributed by atoms with E-state index in [2.05, 4.69) is 92.7 Å². The topological polar surface area (TPSA) is 23.3 Å². The Morgan fingerprint density at radius 1 is 0.962 bits per heavy atom. The lowest BCUT2D eigenvalue weighted by molar-refractivity contribution is 0.243. The van der Waals surface area contributed by atoms with Gasteiger partial charge in [0.05, 0.1) is 6.61 Å². The van der Waals surface area contributed by atoms with Gasteiger partial charge in [0.2, 0.25) is 0 Å². The number of nitrogens with zero attached hydrogens (tertiary/aromatic N) is 1. The number of hydrogen-bond donors (Lipinski definition) is 0. The molecule has 0 saturated carbocycles. The van der Waals surface area contributed by atoms with Gasteiger partial charge in [-0.15, -0.1) is 0 Å². The van der Waals surface area contributed by atoms with Gasteiger partial charge in [-0.1, -0.05) is 105 Å². The van der Waals surface area contributed by atoms with Crippen LogP contribution >= 0.6 is 7.92 Å². The zero-order valence-electron chi connectivity index (χ0n) is 15.2. The summed E-state index contributed by atoms with van der Waals surface area (Å²) in [5, 5.41) is 8.88. The number of rotatable bonds is 4. The van der Waals surface area contributed by atoms with Crippen molar-refractivity contribution in [3.8, 4) is 0 Å². The second-order valence-electron chi connectivity index (χ2n) is 6.89. The van der Waals surface area contributed by atoms with E-state index in [1.54, 1.807) is 0 Å². The zero-order valence-corrected chi connectivity index (χ0v) is 16.1. The Bertz CT molecular complexity index is 813. The average molecular weight is 360 g/mol. The number of hydrogen-bond acceptors (Lipinski definition) is 1. The molecule has 2 nitrogen and oxygen atoms in total. The van der Waals surface area contributed by atoms with Crippen LogP contribution in [0.1, 0.15) is 13.8 Å². The Balaban J connectivity index is 1.75. The Morgan fingerprint density at radius 3 is 2.12 bits per heavy atom. The monoisotopic (exact) mass is 360 g/mol. The van der Waals surface area contributed by atoms with E-state index in [1.807, 2.05) is 0 Å². The average Bonchev–Trinajstić information content (AvgIpc) is 3.33. The lowest BCUT2D eigenvalue weighted by atomic mass is 10.1. The summed E-state index contributed by atoms with van der Waals surface area (Å²) in [6.45, 7) is 5.09. The Labute approximate surface area is 157 Å². The van der Waals surface area contributed by atoms with Crippen molar-refractivity contribution in [2.75, 3.05) is 6.61 Å². The van der Waals surface area contributed by atoms with Crippen LogP contribution in [0.2, 0.25) is 0 Å². The molecule has 0 bridgehead atoms. The van der Waals surface area contributed by atoms with Gasteiger partial charge < -0.3 is 10.1 Å². The van der Waals surface area contributed by atoms with Crippen LogP contribution in [0.5, 0.6) is 0 Å². The molecule has 0 unspecified atom stereocenters. The third-order valence-electron chi connectivity index (χ3n) is 4.74. The van der Waals surface area contributed by atoms with Crippen LogP contribution in [0.4, 0.5) is 0 Å². The molecule has 0 amide bonds. The molecule has 4 rings (SSSR count). The van der Waals surface area contributed by atoms with E-state index >= 15 is 0 Å². The van der Waals surface area contributed by atoms with Crippen LogP contribution in [-0.4, -0.2) is 12.6 Å². The summed E-state index contributed by atoms with van der Waals surface area (Å²) in [5.74, 6) is 1.30. The summed E-state index contributed by atoms with van der Waals surface area (Å²) in [7, 11) is -0.636.